The number of Topliss-reactive ketones (excluding diaryl/α,β-unsaturated/α-hetero) is 1. The molecule has 9 nitrogen and oxygen atoms in total. The molecule has 4 rings (SSSR count). The van der Waals surface area contributed by atoms with E-state index in [9.17, 15) is 33.1 Å². The average molecular weight is 540 g/mol. The van der Waals surface area contributed by atoms with Crippen LogP contribution in [0.5, 0.6) is 5.75 Å². The average Bonchev–Trinajstić information content (AvgIpc) is 3.07. The van der Waals surface area contributed by atoms with E-state index in [2.05, 4.69) is 5.48 Å². The predicted molar refractivity (Wildman–Crippen MR) is 135 cm³/mol. The molecule has 2 aliphatic rings. The second-order valence-electron chi connectivity index (χ2n) is 9.47. The molecule has 0 radical (unpaired) electrons. The van der Waals surface area contributed by atoms with Gasteiger partial charge in [-0.25, -0.2) is 13.7 Å². The Balaban J connectivity index is 1.78. The Morgan fingerprint density at radius 1 is 1.15 bits per heavy atom. The van der Waals surface area contributed by atoms with Crippen molar-refractivity contribution in [1.29, 1.82) is 0 Å². The predicted octanol–water partition coefficient (Wildman–Crippen LogP) is 2.76. The van der Waals surface area contributed by atoms with E-state index < -0.39 is 65.9 Å². The fraction of sp³-hybridized carbons (Fsp3) is 0.286. The van der Waals surface area contributed by atoms with Gasteiger partial charge in [-0.2, -0.15) is 5.48 Å². The van der Waals surface area contributed by atoms with Gasteiger partial charge in [0.1, 0.15) is 11.6 Å². The molecule has 0 saturated heterocycles. The molecular formula is C28H27F2N3O6. The zero-order chi connectivity index (χ0) is 28.3. The number of amides is 2. The number of nitrogens with one attached hydrogen (secondary N) is 1. The van der Waals surface area contributed by atoms with Crippen molar-refractivity contribution in [2.45, 2.75) is 38.1 Å². The van der Waals surface area contributed by atoms with Crippen LogP contribution in [0.15, 0.2) is 65.9 Å². The van der Waals surface area contributed by atoms with E-state index in [1.54, 1.807) is 24.3 Å². The molecule has 0 fully saturated rings. The SMILES string of the molecule is C[C@H](N)C(=O)N(C(=O)Cc1cc(F)cc(F)c1)C1=CC(CC(=O)O)=CC(C2CCNOc3ccccc32)C1=O. The van der Waals surface area contributed by atoms with E-state index in [1.165, 1.54) is 19.1 Å². The van der Waals surface area contributed by atoms with Crippen molar-refractivity contribution in [2.75, 3.05) is 6.54 Å². The van der Waals surface area contributed by atoms with E-state index in [0.717, 1.165) is 12.1 Å². The molecule has 1 aliphatic heterocycles. The fourth-order valence-electron chi connectivity index (χ4n) is 4.83. The Morgan fingerprint density at radius 3 is 2.51 bits per heavy atom. The molecule has 0 aromatic heterocycles. The summed E-state index contributed by atoms with van der Waals surface area (Å²) in [5, 5.41) is 9.49. The molecule has 0 bridgehead atoms. The van der Waals surface area contributed by atoms with E-state index >= 15 is 0 Å². The molecule has 2 aromatic carbocycles. The zero-order valence-corrected chi connectivity index (χ0v) is 21.0. The third kappa shape index (κ3) is 6.27. The van der Waals surface area contributed by atoms with Crippen molar-refractivity contribution >= 4 is 23.6 Å². The summed E-state index contributed by atoms with van der Waals surface area (Å²) in [7, 11) is 0. The van der Waals surface area contributed by atoms with Gasteiger partial charge in [0.05, 0.1) is 24.6 Å². The highest BCUT2D eigenvalue weighted by molar-refractivity contribution is 6.11. The highest BCUT2D eigenvalue weighted by Gasteiger charge is 2.40. The molecule has 1 heterocycles. The molecule has 0 spiro atoms. The number of para-hydroxylation sites is 1. The first-order valence-corrected chi connectivity index (χ1v) is 12.3. The summed E-state index contributed by atoms with van der Waals surface area (Å²) in [4.78, 5) is 58.4. The number of hydrogen-bond donors (Lipinski definition) is 3. The number of halogens is 2. The molecule has 2 unspecified atom stereocenters. The number of hydrogen-bond acceptors (Lipinski definition) is 7. The number of ketones is 1. The van der Waals surface area contributed by atoms with Crippen molar-refractivity contribution in [1.82, 2.24) is 10.4 Å². The van der Waals surface area contributed by atoms with Crippen LogP contribution in [0.2, 0.25) is 0 Å². The maximum atomic E-state index is 14.0. The number of hydroxylamine groups is 1. The standard InChI is InChI=1S/C28H27F2N3O6/c1-15(31)28(38)33(25(34)12-16-8-18(29)14-19(30)9-16)23-11-17(13-26(35)36)10-22(27(23)37)20-6-7-32-39-24-5-3-2-4-21(20)24/h2-5,8-11,14-15,20,22,32H,6-7,12-13,31H2,1H3,(H,35,36)/t15-,20?,22?/m0/s1. The molecule has 1 aliphatic carbocycles. The summed E-state index contributed by atoms with van der Waals surface area (Å²) in [6.07, 6.45) is 2.07. The number of imide groups is 1. The van der Waals surface area contributed by atoms with Crippen molar-refractivity contribution < 1.29 is 37.9 Å². The number of carboxylic acids is 1. The summed E-state index contributed by atoms with van der Waals surface area (Å²) in [5.74, 6) is -6.38. The second kappa shape index (κ2) is 11.7. The number of nitrogens with two attached hydrogens (primary N) is 1. The summed E-state index contributed by atoms with van der Waals surface area (Å²) in [5.41, 5.74) is 9.13. The van der Waals surface area contributed by atoms with E-state index in [1.807, 2.05) is 0 Å². The molecule has 204 valence electrons. The van der Waals surface area contributed by atoms with Crippen LogP contribution in [0.1, 0.15) is 36.8 Å². The maximum Gasteiger partial charge on any atom is 0.307 e. The van der Waals surface area contributed by atoms with Gasteiger partial charge in [-0.3, -0.25) is 19.2 Å². The summed E-state index contributed by atoms with van der Waals surface area (Å²) in [6.45, 7) is 1.70. The van der Waals surface area contributed by atoms with E-state index in [0.29, 0.717) is 35.2 Å². The molecule has 2 amide bonds. The number of fused-ring (bicyclic) bond motifs is 1. The van der Waals surface area contributed by atoms with Crippen LogP contribution >= 0.6 is 0 Å². The summed E-state index contributed by atoms with van der Waals surface area (Å²) in [6, 6.07) is 8.37. The highest BCUT2D eigenvalue weighted by atomic mass is 19.1. The summed E-state index contributed by atoms with van der Waals surface area (Å²) < 4.78 is 27.5. The molecule has 39 heavy (non-hydrogen) atoms. The van der Waals surface area contributed by atoms with Gasteiger partial charge >= 0.3 is 5.97 Å². The highest BCUT2D eigenvalue weighted by Crippen LogP contribution is 2.41. The number of benzene rings is 2. The van der Waals surface area contributed by atoms with Crippen LogP contribution in [0.25, 0.3) is 0 Å². The quantitative estimate of drug-likeness (QED) is 0.488. The molecule has 0 saturated carbocycles. The first-order valence-electron chi connectivity index (χ1n) is 12.3. The second-order valence-corrected chi connectivity index (χ2v) is 9.47. The van der Waals surface area contributed by atoms with Crippen LogP contribution < -0.4 is 16.1 Å². The van der Waals surface area contributed by atoms with Gasteiger partial charge in [0, 0.05) is 30.0 Å². The number of carbonyl (C=O) groups excluding carboxylic acids is 3. The number of carbonyl (C=O) groups is 4. The Kier molecular flexibility index (Phi) is 8.32. The van der Waals surface area contributed by atoms with Crippen molar-refractivity contribution in [3.05, 3.63) is 88.6 Å². The largest absolute Gasteiger partial charge is 0.481 e. The Hall–Kier alpha value is -4.22. The Bertz CT molecular complexity index is 1370. The number of rotatable bonds is 7. The Morgan fingerprint density at radius 2 is 1.85 bits per heavy atom. The van der Waals surface area contributed by atoms with Gasteiger partial charge in [0.25, 0.3) is 5.91 Å². The lowest BCUT2D eigenvalue weighted by molar-refractivity contribution is -0.145. The van der Waals surface area contributed by atoms with Crippen LogP contribution in [-0.2, 0) is 25.6 Å². The van der Waals surface area contributed by atoms with Crippen molar-refractivity contribution in [2.24, 2.45) is 11.7 Å². The van der Waals surface area contributed by atoms with Crippen LogP contribution in [-0.4, -0.2) is 46.2 Å². The first-order chi connectivity index (χ1) is 18.5. The lowest BCUT2D eigenvalue weighted by atomic mass is 9.76. The Labute approximate surface area is 222 Å². The van der Waals surface area contributed by atoms with Gasteiger partial charge in [-0.15, -0.1) is 0 Å². The van der Waals surface area contributed by atoms with Gasteiger partial charge < -0.3 is 15.7 Å². The molecule has 2 aromatic rings. The van der Waals surface area contributed by atoms with Gasteiger partial charge in [-0.05, 0) is 48.8 Å². The monoisotopic (exact) mass is 539 g/mol. The topological polar surface area (TPSA) is 139 Å². The smallest absolute Gasteiger partial charge is 0.307 e. The lowest BCUT2D eigenvalue weighted by Crippen LogP contribution is -2.48. The first kappa shape index (κ1) is 27.8. The maximum absolute atomic E-state index is 14.0. The third-order valence-corrected chi connectivity index (χ3v) is 6.50. The van der Waals surface area contributed by atoms with E-state index in [4.69, 9.17) is 10.6 Å². The minimum absolute atomic E-state index is 0.0531. The van der Waals surface area contributed by atoms with Crippen LogP contribution in [0, 0.1) is 17.6 Å². The molecule has 4 N–H and O–H groups in total. The minimum Gasteiger partial charge on any atom is -0.481 e. The third-order valence-electron chi connectivity index (χ3n) is 6.50. The number of aliphatic carboxylic acids is 1. The van der Waals surface area contributed by atoms with Gasteiger partial charge in [-0.1, -0.05) is 24.3 Å². The van der Waals surface area contributed by atoms with Crippen LogP contribution in [0.4, 0.5) is 8.78 Å². The fourth-order valence-corrected chi connectivity index (χ4v) is 4.83. The van der Waals surface area contributed by atoms with Gasteiger partial charge in [0.2, 0.25) is 5.91 Å². The lowest BCUT2D eigenvalue weighted by Gasteiger charge is -2.32. The van der Waals surface area contributed by atoms with Crippen LogP contribution in [0.3, 0.4) is 0 Å². The molecule has 3 atom stereocenters. The van der Waals surface area contributed by atoms with Gasteiger partial charge in [0.15, 0.2) is 11.5 Å². The van der Waals surface area contributed by atoms with Crippen molar-refractivity contribution in [3.8, 4) is 5.75 Å². The molecular weight excluding hydrogens is 512 g/mol. The summed E-state index contributed by atoms with van der Waals surface area (Å²) >= 11 is 0. The minimum atomic E-state index is -1.21. The number of nitrogens with zero attached hydrogens (tertiary/aromatic N) is 1. The zero-order valence-electron chi connectivity index (χ0n) is 21.0. The normalized spacial score (nSPS) is 19.5. The van der Waals surface area contributed by atoms with Crippen molar-refractivity contribution in [3.63, 3.8) is 0 Å². The molecule has 11 heteroatoms. The van der Waals surface area contributed by atoms with E-state index in [-0.39, 0.29) is 16.8 Å². The number of carboxylic acid groups (broad SMARTS) is 1. The number of allylic oxidation sites excluding steroid dienone is 3.